The van der Waals surface area contributed by atoms with Gasteiger partial charge in [-0.15, -0.1) is 0 Å². The van der Waals surface area contributed by atoms with Gasteiger partial charge in [0.25, 0.3) is 0 Å². The van der Waals surface area contributed by atoms with Crippen LogP contribution < -0.4 is 10.1 Å². The van der Waals surface area contributed by atoms with Crippen molar-refractivity contribution in [3.63, 3.8) is 0 Å². The van der Waals surface area contributed by atoms with E-state index in [0.717, 1.165) is 18.7 Å². The largest absolute Gasteiger partial charge is 0.478 e. The molecule has 4 nitrogen and oxygen atoms in total. The van der Waals surface area contributed by atoms with E-state index in [2.05, 4.69) is 36.1 Å². The summed E-state index contributed by atoms with van der Waals surface area (Å²) in [6, 6.07) is 2.28. The van der Waals surface area contributed by atoms with Crippen molar-refractivity contribution in [2.45, 2.75) is 39.7 Å². The lowest BCUT2D eigenvalue weighted by molar-refractivity contribution is 0.305. The van der Waals surface area contributed by atoms with Crippen LogP contribution in [0.15, 0.2) is 12.4 Å². The van der Waals surface area contributed by atoms with Gasteiger partial charge in [-0.25, -0.2) is 9.97 Å². The predicted molar refractivity (Wildman–Crippen MR) is 78.5 cm³/mol. The monoisotopic (exact) mass is 269 g/mol. The molecule has 0 saturated carbocycles. The number of aromatic nitrogens is 2. The third kappa shape index (κ3) is 6.10. The van der Waals surface area contributed by atoms with Crippen molar-refractivity contribution in [2.75, 3.05) is 23.4 Å². The minimum atomic E-state index is 0.415. The Morgan fingerprint density at radius 2 is 2.22 bits per heavy atom. The Kier molecular flexibility index (Phi) is 7.57. The number of hydrogen-bond acceptors (Lipinski definition) is 5. The summed E-state index contributed by atoms with van der Waals surface area (Å²) >= 11 is 1.96. The SMILES string of the molecule is CCCOc1cc(NC(C)CCSCC)ncn1. The van der Waals surface area contributed by atoms with Crippen LogP contribution >= 0.6 is 11.8 Å². The van der Waals surface area contributed by atoms with Crippen LogP contribution in [0.2, 0.25) is 0 Å². The summed E-state index contributed by atoms with van der Waals surface area (Å²) in [5.74, 6) is 3.83. The Labute approximate surface area is 114 Å². The van der Waals surface area contributed by atoms with Gasteiger partial charge in [0.05, 0.1) is 6.61 Å². The molecule has 0 bridgehead atoms. The van der Waals surface area contributed by atoms with E-state index in [0.29, 0.717) is 18.5 Å². The van der Waals surface area contributed by atoms with Crippen LogP contribution in [0.5, 0.6) is 5.88 Å². The third-order valence-electron chi connectivity index (χ3n) is 2.39. The molecule has 0 aliphatic rings. The number of hydrogen-bond donors (Lipinski definition) is 1. The van der Waals surface area contributed by atoms with Gasteiger partial charge in [0.15, 0.2) is 0 Å². The minimum Gasteiger partial charge on any atom is -0.478 e. The van der Waals surface area contributed by atoms with Crippen molar-refractivity contribution in [3.05, 3.63) is 12.4 Å². The first-order valence-electron chi connectivity index (χ1n) is 6.55. The smallest absolute Gasteiger partial charge is 0.218 e. The lowest BCUT2D eigenvalue weighted by Crippen LogP contribution is -2.17. The highest BCUT2D eigenvalue weighted by atomic mass is 32.2. The second kappa shape index (κ2) is 9.03. The molecule has 1 rings (SSSR count). The molecule has 0 aromatic carbocycles. The molecule has 18 heavy (non-hydrogen) atoms. The molecule has 0 fully saturated rings. The summed E-state index contributed by atoms with van der Waals surface area (Å²) in [4.78, 5) is 8.29. The van der Waals surface area contributed by atoms with Gasteiger partial charge >= 0.3 is 0 Å². The molecule has 1 unspecified atom stereocenters. The Morgan fingerprint density at radius 1 is 1.39 bits per heavy atom. The molecule has 0 radical (unpaired) electrons. The molecule has 1 atom stereocenters. The first-order valence-corrected chi connectivity index (χ1v) is 7.70. The minimum absolute atomic E-state index is 0.415. The lowest BCUT2D eigenvalue weighted by atomic mass is 10.2. The number of rotatable bonds is 9. The van der Waals surface area contributed by atoms with Crippen LogP contribution in [0.25, 0.3) is 0 Å². The molecule has 0 amide bonds. The van der Waals surface area contributed by atoms with Gasteiger partial charge < -0.3 is 10.1 Å². The van der Waals surface area contributed by atoms with E-state index in [1.807, 2.05) is 17.8 Å². The summed E-state index contributed by atoms with van der Waals surface area (Å²) < 4.78 is 5.48. The fourth-order valence-electron chi connectivity index (χ4n) is 1.43. The van der Waals surface area contributed by atoms with E-state index in [4.69, 9.17) is 4.74 Å². The summed E-state index contributed by atoms with van der Waals surface area (Å²) in [6.07, 6.45) is 3.66. The topological polar surface area (TPSA) is 47.0 Å². The molecule has 0 aliphatic carbocycles. The summed E-state index contributed by atoms with van der Waals surface area (Å²) in [5, 5.41) is 3.37. The molecular formula is C13H23N3OS. The fourth-order valence-corrected chi connectivity index (χ4v) is 2.24. The van der Waals surface area contributed by atoms with Crippen molar-refractivity contribution >= 4 is 17.6 Å². The van der Waals surface area contributed by atoms with E-state index in [1.54, 1.807) is 6.33 Å². The maximum atomic E-state index is 5.48. The molecule has 5 heteroatoms. The molecule has 1 heterocycles. The zero-order chi connectivity index (χ0) is 13.2. The molecule has 0 spiro atoms. The summed E-state index contributed by atoms with van der Waals surface area (Å²) in [7, 11) is 0. The van der Waals surface area contributed by atoms with Crippen LogP contribution in [0.1, 0.15) is 33.6 Å². The van der Waals surface area contributed by atoms with Crippen LogP contribution in [0, 0.1) is 0 Å². The molecule has 102 valence electrons. The van der Waals surface area contributed by atoms with E-state index in [9.17, 15) is 0 Å². The molecule has 1 N–H and O–H groups in total. The second-order valence-corrected chi connectivity index (χ2v) is 5.51. The normalized spacial score (nSPS) is 12.2. The summed E-state index contributed by atoms with van der Waals surface area (Å²) in [5.41, 5.74) is 0. The number of thioether (sulfide) groups is 1. The molecule has 0 saturated heterocycles. The highest BCUT2D eigenvalue weighted by Gasteiger charge is 2.04. The van der Waals surface area contributed by atoms with Gasteiger partial charge in [0.1, 0.15) is 12.1 Å². The van der Waals surface area contributed by atoms with E-state index >= 15 is 0 Å². The Bertz CT molecular complexity index is 336. The lowest BCUT2D eigenvalue weighted by Gasteiger charge is -2.14. The Morgan fingerprint density at radius 3 is 2.94 bits per heavy atom. The third-order valence-corrected chi connectivity index (χ3v) is 3.32. The van der Waals surface area contributed by atoms with Crippen molar-refractivity contribution in [1.29, 1.82) is 0 Å². The number of nitrogens with zero attached hydrogens (tertiary/aromatic N) is 2. The van der Waals surface area contributed by atoms with Gasteiger partial charge in [0, 0.05) is 12.1 Å². The average molecular weight is 269 g/mol. The number of anilines is 1. The van der Waals surface area contributed by atoms with E-state index in [1.165, 1.54) is 11.5 Å². The van der Waals surface area contributed by atoms with Crippen LogP contribution in [0.4, 0.5) is 5.82 Å². The Hall–Kier alpha value is -0.970. The molecule has 1 aromatic rings. The molecular weight excluding hydrogens is 246 g/mol. The van der Waals surface area contributed by atoms with Crippen molar-refractivity contribution in [1.82, 2.24) is 9.97 Å². The maximum Gasteiger partial charge on any atom is 0.218 e. The Balaban J connectivity index is 2.40. The summed E-state index contributed by atoms with van der Waals surface area (Å²) in [6.45, 7) is 7.13. The second-order valence-electron chi connectivity index (χ2n) is 4.12. The van der Waals surface area contributed by atoms with E-state index < -0.39 is 0 Å². The zero-order valence-electron chi connectivity index (χ0n) is 11.5. The van der Waals surface area contributed by atoms with Crippen molar-refractivity contribution in [2.24, 2.45) is 0 Å². The van der Waals surface area contributed by atoms with E-state index in [-0.39, 0.29) is 0 Å². The van der Waals surface area contributed by atoms with Gasteiger partial charge in [-0.3, -0.25) is 0 Å². The van der Waals surface area contributed by atoms with Gasteiger partial charge in [-0.2, -0.15) is 11.8 Å². The number of ether oxygens (including phenoxy) is 1. The predicted octanol–water partition coefficient (Wildman–Crippen LogP) is 3.21. The average Bonchev–Trinajstić information content (AvgIpc) is 2.37. The van der Waals surface area contributed by atoms with Crippen LogP contribution in [0.3, 0.4) is 0 Å². The fraction of sp³-hybridized carbons (Fsp3) is 0.692. The van der Waals surface area contributed by atoms with Crippen molar-refractivity contribution < 1.29 is 4.74 Å². The van der Waals surface area contributed by atoms with Crippen LogP contribution in [-0.4, -0.2) is 34.1 Å². The first kappa shape index (κ1) is 15.1. The number of nitrogens with one attached hydrogen (secondary N) is 1. The highest BCUT2D eigenvalue weighted by molar-refractivity contribution is 7.99. The van der Waals surface area contributed by atoms with Gasteiger partial charge in [0.2, 0.25) is 5.88 Å². The maximum absolute atomic E-state index is 5.48. The zero-order valence-corrected chi connectivity index (χ0v) is 12.3. The molecule has 1 aromatic heterocycles. The standard InChI is InChI=1S/C13H23N3OS/c1-4-7-17-13-9-12(14-10-15-13)16-11(3)6-8-18-5-2/h9-11H,4-8H2,1-3H3,(H,14,15,16). The van der Waals surface area contributed by atoms with Crippen molar-refractivity contribution in [3.8, 4) is 5.88 Å². The van der Waals surface area contributed by atoms with Gasteiger partial charge in [-0.05, 0) is 31.3 Å². The quantitative estimate of drug-likeness (QED) is 0.698. The first-order chi connectivity index (χ1) is 8.76. The highest BCUT2D eigenvalue weighted by Crippen LogP contribution is 2.14. The van der Waals surface area contributed by atoms with Gasteiger partial charge in [-0.1, -0.05) is 13.8 Å². The molecule has 0 aliphatic heterocycles. The van der Waals surface area contributed by atoms with Crippen LogP contribution in [-0.2, 0) is 0 Å².